The molecule has 5 heteroatoms. The number of benzene rings is 3. The van der Waals surface area contributed by atoms with E-state index in [1.807, 2.05) is 65.7 Å². The van der Waals surface area contributed by atoms with Crippen LogP contribution in [-0.2, 0) is 6.54 Å². The molecular formula is C21H18F2N2O. The molecule has 0 atom stereocenters. The van der Waals surface area contributed by atoms with E-state index >= 15 is 0 Å². The Kier molecular flexibility index (Phi) is 5.93. The molecule has 3 nitrogen and oxygen atoms in total. The third-order valence-electron chi connectivity index (χ3n) is 3.70. The van der Waals surface area contributed by atoms with Gasteiger partial charge in [0, 0.05) is 5.56 Å². The Hall–Kier alpha value is -3.21. The molecule has 0 aromatic heterocycles. The van der Waals surface area contributed by atoms with E-state index in [2.05, 4.69) is 9.84 Å². The number of nitrogens with zero attached hydrogens (tertiary/aromatic N) is 2. The van der Waals surface area contributed by atoms with Gasteiger partial charge >= 0.3 is 6.61 Å². The topological polar surface area (TPSA) is 24.8 Å². The quantitative estimate of drug-likeness (QED) is 0.424. The molecule has 26 heavy (non-hydrogen) atoms. The predicted octanol–water partition coefficient (Wildman–Crippen LogP) is 5.33. The zero-order chi connectivity index (χ0) is 18.2. The van der Waals surface area contributed by atoms with Crippen LogP contribution in [0.5, 0.6) is 5.75 Å². The fraction of sp³-hybridized carbons (Fsp3) is 0.0952. The van der Waals surface area contributed by atoms with Crippen molar-refractivity contribution in [1.82, 2.24) is 0 Å². The van der Waals surface area contributed by atoms with E-state index in [1.165, 1.54) is 12.3 Å². The standard InChI is InChI=1S/C21H18F2N2O/c22-21(23)26-20-14-8-7-11-18(20)15-24-25(19-12-5-2-6-13-19)16-17-9-3-1-4-10-17/h1-15,21H,16H2. The molecule has 0 aliphatic heterocycles. The number of anilines is 1. The maximum Gasteiger partial charge on any atom is 0.387 e. The highest BCUT2D eigenvalue weighted by Gasteiger charge is 2.09. The Labute approximate surface area is 151 Å². The second kappa shape index (κ2) is 8.76. The van der Waals surface area contributed by atoms with E-state index in [-0.39, 0.29) is 5.75 Å². The van der Waals surface area contributed by atoms with Crippen molar-refractivity contribution in [2.75, 3.05) is 5.01 Å². The molecule has 0 radical (unpaired) electrons. The van der Waals surface area contributed by atoms with Crippen LogP contribution in [-0.4, -0.2) is 12.8 Å². The van der Waals surface area contributed by atoms with Crippen LogP contribution in [0.15, 0.2) is 90.0 Å². The lowest BCUT2D eigenvalue weighted by atomic mass is 10.2. The molecule has 0 heterocycles. The molecule has 132 valence electrons. The number of hydrazone groups is 1. The second-order valence-corrected chi connectivity index (χ2v) is 5.54. The van der Waals surface area contributed by atoms with Crippen LogP contribution in [0.1, 0.15) is 11.1 Å². The summed E-state index contributed by atoms with van der Waals surface area (Å²) in [6.45, 7) is -2.32. The van der Waals surface area contributed by atoms with Gasteiger partial charge in [-0.2, -0.15) is 13.9 Å². The van der Waals surface area contributed by atoms with E-state index in [0.29, 0.717) is 12.1 Å². The van der Waals surface area contributed by atoms with Crippen molar-refractivity contribution >= 4 is 11.9 Å². The summed E-state index contributed by atoms with van der Waals surface area (Å²) in [5.74, 6) is 0.0963. The smallest absolute Gasteiger partial charge is 0.387 e. The van der Waals surface area contributed by atoms with Crippen molar-refractivity contribution in [2.45, 2.75) is 13.2 Å². The lowest BCUT2D eigenvalue weighted by molar-refractivity contribution is -0.0499. The largest absolute Gasteiger partial charge is 0.434 e. The lowest BCUT2D eigenvalue weighted by Crippen LogP contribution is -2.16. The SMILES string of the molecule is FC(F)Oc1ccccc1C=NN(Cc1ccccc1)c1ccccc1. The molecule has 0 unspecified atom stereocenters. The molecule has 3 aromatic rings. The minimum Gasteiger partial charge on any atom is -0.434 e. The zero-order valence-electron chi connectivity index (χ0n) is 14.0. The van der Waals surface area contributed by atoms with Crippen molar-refractivity contribution < 1.29 is 13.5 Å². The van der Waals surface area contributed by atoms with Gasteiger partial charge in [0.1, 0.15) is 5.75 Å². The van der Waals surface area contributed by atoms with E-state index in [9.17, 15) is 8.78 Å². The van der Waals surface area contributed by atoms with Crippen molar-refractivity contribution in [3.05, 3.63) is 96.1 Å². The number of hydrogen-bond donors (Lipinski definition) is 0. The van der Waals surface area contributed by atoms with E-state index in [1.54, 1.807) is 18.2 Å². The van der Waals surface area contributed by atoms with Crippen LogP contribution in [0.4, 0.5) is 14.5 Å². The highest BCUT2D eigenvalue weighted by Crippen LogP contribution is 2.21. The maximum atomic E-state index is 12.6. The van der Waals surface area contributed by atoms with Crippen LogP contribution in [0.2, 0.25) is 0 Å². The van der Waals surface area contributed by atoms with Gasteiger partial charge in [0.15, 0.2) is 0 Å². The van der Waals surface area contributed by atoms with Gasteiger partial charge in [-0.15, -0.1) is 0 Å². The lowest BCUT2D eigenvalue weighted by Gasteiger charge is -2.19. The summed E-state index contributed by atoms with van der Waals surface area (Å²) < 4.78 is 29.7. The molecule has 0 N–H and O–H groups in total. The molecule has 0 spiro atoms. The van der Waals surface area contributed by atoms with Crippen LogP contribution in [0, 0.1) is 0 Å². The Morgan fingerprint density at radius 2 is 1.46 bits per heavy atom. The first-order valence-corrected chi connectivity index (χ1v) is 8.17. The Morgan fingerprint density at radius 1 is 0.846 bits per heavy atom. The number of halogens is 2. The number of alkyl halides is 2. The van der Waals surface area contributed by atoms with Gasteiger partial charge in [-0.1, -0.05) is 60.7 Å². The molecule has 3 rings (SSSR count). The van der Waals surface area contributed by atoms with Gasteiger partial charge in [-0.25, -0.2) is 0 Å². The average molecular weight is 352 g/mol. The van der Waals surface area contributed by atoms with Crippen molar-refractivity contribution in [2.24, 2.45) is 5.10 Å². The summed E-state index contributed by atoms with van der Waals surface area (Å²) in [5.41, 5.74) is 2.48. The van der Waals surface area contributed by atoms with Crippen LogP contribution in [0.3, 0.4) is 0 Å². The number of para-hydroxylation sites is 2. The summed E-state index contributed by atoms with van der Waals surface area (Å²) in [6.07, 6.45) is 1.54. The van der Waals surface area contributed by atoms with Gasteiger partial charge in [0.05, 0.1) is 18.4 Å². The molecule has 0 aliphatic rings. The van der Waals surface area contributed by atoms with Crippen molar-refractivity contribution in [3.8, 4) is 5.75 Å². The van der Waals surface area contributed by atoms with E-state index in [0.717, 1.165) is 11.3 Å². The predicted molar refractivity (Wildman–Crippen MR) is 99.7 cm³/mol. The minimum absolute atomic E-state index is 0.0963. The molecule has 0 aliphatic carbocycles. The molecule has 0 fully saturated rings. The molecule has 3 aromatic carbocycles. The first kappa shape index (κ1) is 17.6. The van der Waals surface area contributed by atoms with Gasteiger partial charge in [0.2, 0.25) is 0 Å². The molecule has 0 saturated carbocycles. The van der Waals surface area contributed by atoms with Crippen LogP contribution in [0.25, 0.3) is 0 Å². The fourth-order valence-corrected chi connectivity index (χ4v) is 2.48. The zero-order valence-corrected chi connectivity index (χ0v) is 14.0. The first-order chi connectivity index (χ1) is 12.7. The number of rotatable bonds is 7. The Balaban J connectivity index is 1.87. The normalized spacial score (nSPS) is 11.0. The van der Waals surface area contributed by atoms with Gasteiger partial charge < -0.3 is 4.74 Å². The number of ether oxygens (including phenoxy) is 1. The molecular weight excluding hydrogens is 334 g/mol. The maximum absolute atomic E-state index is 12.6. The van der Waals surface area contributed by atoms with Crippen LogP contribution >= 0.6 is 0 Å². The Bertz CT molecular complexity index is 839. The van der Waals surface area contributed by atoms with E-state index < -0.39 is 6.61 Å². The summed E-state index contributed by atoms with van der Waals surface area (Å²) in [5, 5.41) is 6.32. The Morgan fingerprint density at radius 3 is 2.15 bits per heavy atom. The summed E-state index contributed by atoms with van der Waals surface area (Å²) in [4.78, 5) is 0. The molecule has 0 saturated heterocycles. The van der Waals surface area contributed by atoms with Gasteiger partial charge in [0.25, 0.3) is 0 Å². The summed E-state index contributed by atoms with van der Waals surface area (Å²) >= 11 is 0. The van der Waals surface area contributed by atoms with Crippen LogP contribution < -0.4 is 9.75 Å². The minimum atomic E-state index is -2.88. The number of hydrogen-bond acceptors (Lipinski definition) is 3. The third kappa shape index (κ3) is 4.89. The second-order valence-electron chi connectivity index (χ2n) is 5.54. The monoisotopic (exact) mass is 352 g/mol. The van der Waals surface area contributed by atoms with Gasteiger partial charge in [-0.3, -0.25) is 5.01 Å². The van der Waals surface area contributed by atoms with Crippen molar-refractivity contribution in [1.29, 1.82) is 0 Å². The fourth-order valence-electron chi connectivity index (χ4n) is 2.48. The van der Waals surface area contributed by atoms with E-state index in [4.69, 9.17) is 0 Å². The summed E-state index contributed by atoms with van der Waals surface area (Å²) in [7, 11) is 0. The first-order valence-electron chi connectivity index (χ1n) is 8.17. The third-order valence-corrected chi connectivity index (χ3v) is 3.70. The molecule has 0 amide bonds. The van der Waals surface area contributed by atoms with Crippen molar-refractivity contribution in [3.63, 3.8) is 0 Å². The summed E-state index contributed by atoms with van der Waals surface area (Å²) in [6, 6.07) is 26.2. The highest BCUT2D eigenvalue weighted by atomic mass is 19.3. The highest BCUT2D eigenvalue weighted by molar-refractivity contribution is 5.84. The molecule has 0 bridgehead atoms. The average Bonchev–Trinajstić information content (AvgIpc) is 2.67. The van der Waals surface area contributed by atoms with Gasteiger partial charge in [-0.05, 0) is 29.8 Å².